The Balaban J connectivity index is 1.80. The quantitative estimate of drug-likeness (QED) is 0.793. The Kier molecular flexibility index (Phi) is 5.67. The molecule has 1 aromatic heterocycles. The highest BCUT2D eigenvalue weighted by atomic mass is 19.1. The van der Waals surface area contributed by atoms with Gasteiger partial charge in [0.1, 0.15) is 6.33 Å². The lowest BCUT2D eigenvalue weighted by atomic mass is 10.2. The van der Waals surface area contributed by atoms with E-state index in [9.17, 15) is 4.39 Å². The summed E-state index contributed by atoms with van der Waals surface area (Å²) < 4.78 is 14.0. The molecule has 1 aliphatic heterocycles. The minimum absolute atomic E-state index is 0.288. The van der Waals surface area contributed by atoms with Crippen LogP contribution in [0.25, 0.3) is 0 Å². The maximum Gasteiger partial charge on any atom is 0.186 e. The summed E-state index contributed by atoms with van der Waals surface area (Å²) in [5.74, 6) is 0.157. The molecule has 5 nitrogen and oxygen atoms in total. The molecule has 0 saturated carbocycles. The molecule has 2 heterocycles. The second kappa shape index (κ2) is 7.50. The van der Waals surface area contributed by atoms with E-state index in [2.05, 4.69) is 14.9 Å². The molecule has 0 atom stereocenters. The van der Waals surface area contributed by atoms with Crippen molar-refractivity contribution in [3.8, 4) is 0 Å². The van der Waals surface area contributed by atoms with Gasteiger partial charge in [-0.3, -0.25) is 4.90 Å². The molecular formula is C14H24FN5. The summed E-state index contributed by atoms with van der Waals surface area (Å²) in [6.45, 7) is 7.14. The Bertz CT molecular complexity index is 418. The summed E-state index contributed by atoms with van der Waals surface area (Å²) in [6, 6.07) is 0. The zero-order valence-corrected chi connectivity index (χ0v) is 12.2. The molecule has 2 rings (SSSR count). The molecule has 0 bridgehead atoms. The fraction of sp³-hybridized carbons (Fsp3) is 0.714. The van der Waals surface area contributed by atoms with Crippen LogP contribution in [0.1, 0.15) is 25.0 Å². The Morgan fingerprint density at radius 2 is 1.90 bits per heavy atom. The average Bonchev–Trinajstić information content (AvgIpc) is 2.47. The smallest absolute Gasteiger partial charge is 0.186 e. The third kappa shape index (κ3) is 3.86. The van der Waals surface area contributed by atoms with Crippen LogP contribution in [0.4, 0.5) is 10.2 Å². The lowest BCUT2D eigenvalue weighted by Gasteiger charge is -2.35. The van der Waals surface area contributed by atoms with E-state index in [1.807, 2.05) is 4.90 Å². The van der Waals surface area contributed by atoms with Gasteiger partial charge in [0.25, 0.3) is 0 Å². The summed E-state index contributed by atoms with van der Waals surface area (Å²) >= 11 is 0. The van der Waals surface area contributed by atoms with E-state index in [-0.39, 0.29) is 5.82 Å². The van der Waals surface area contributed by atoms with Crippen molar-refractivity contribution >= 4 is 5.82 Å². The van der Waals surface area contributed by atoms with Crippen molar-refractivity contribution in [1.82, 2.24) is 14.9 Å². The Hall–Kier alpha value is -1.27. The van der Waals surface area contributed by atoms with Crippen LogP contribution in [0, 0.1) is 12.7 Å². The van der Waals surface area contributed by atoms with E-state index < -0.39 is 0 Å². The largest absolute Gasteiger partial charge is 0.352 e. The average molecular weight is 281 g/mol. The first-order valence-corrected chi connectivity index (χ1v) is 7.37. The Morgan fingerprint density at radius 1 is 1.15 bits per heavy atom. The first-order valence-electron chi connectivity index (χ1n) is 7.37. The van der Waals surface area contributed by atoms with Crippen LogP contribution in [-0.2, 0) is 0 Å². The van der Waals surface area contributed by atoms with E-state index in [0.29, 0.717) is 11.5 Å². The zero-order valence-electron chi connectivity index (χ0n) is 12.2. The van der Waals surface area contributed by atoms with Crippen LogP contribution >= 0.6 is 0 Å². The monoisotopic (exact) mass is 281 g/mol. The second-order valence-electron chi connectivity index (χ2n) is 5.27. The summed E-state index contributed by atoms with van der Waals surface area (Å²) in [5.41, 5.74) is 5.90. The zero-order chi connectivity index (χ0) is 14.4. The van der Waals surface area contributed by atoms with Gasteiger partial charge < -0.3 is 10.6 Å². The van der Waals surface area contributed by atoms with E-state index in [0.717, 1.165) is 45.7 Å². The lowest BCUT2D eigenvalue weighted by molar-refractivity contribution is 0.251. The maximum atomic E-state index is 14.0. The fourth-order valence-electron chi connectivity index (χ4n) is 2.51. The van der Waals surface area contributed by atoms with Gasteiger partial charge in [-0.25, -0.2) is 14.4 Å². The Morgan fingerprint density at radius 3 is 2.60 bits per heavy atom. The van der Waals surface area contributed by atoms with Crippen LogP contribution in [-0.4, -0.2) is 54.1 Å². The molecule has 112 valence electrons. The van der Waals surface area contributed by atoms with E-state index in [1.54, 1.807) is 6.92 Å². The van der Waals surface area contributed by atoms with Crippen LogP contribution in [0.15, 0.2) is 6.33 Å². The van der Waals surface area contributed by atoms with Gasteiger partial charge in [-0.05, 0) is 32.9 Å². The van der Waals surface area contributed by atoms with Crippen LogP contribution < -0.4 is 10.6 Å². The normalized spacial score (nSPS) is 16.6. The van der Waals surface area contributed by atoms with E-state index >= 15 is 0 Å². The highest BCUT2D eigenvalue weighted by Crippen LogP contribution is 2.19. The van der Waals surface area contributed by atoms with Crippen LogP contribution in [0.5, 0.6) is 0 Å². The van der Waals surface area contributed by atoms with Gasteiger partial charge >= 0.3 is 0 Å². The third-order valence-corrected chi connectivity index (χ3v) is 3.80. The van der Waals surface area contributed by atoms with Crippen LogP contribution in [0.3, 0.4) is 0 Å². The number of hydrogen-bond acceptors (Lipinski definition) is 5. The summed E-state index contributed by atoms with van der Waals surface area (Å²) in [6.07, 6.45) is 4.92. The standard InChI is InChI=1S/C14H24FN5/c1-12-13(15)14(18-11-17-12)20-9-7-19(8-10-20)6-4-2-3-5-16/h11H,2-10,16H2,1H3. The van der Waals surface area contributed by atoms with Crippen LogP contribution in [0.2, 0.25) is 0 Å². The highest BCUT2D eigenvalue weighted by molar-refractivity contribution is 5.41. The van der Waals surface area contributed by atoms with Crippen molar-refractivity contribution in [2.45, 2.75) is 26.2 Å². The molecule has 0 unspecified atom stereocenters. The number of piperazine rings is 1. The van der Waals surface area contributed by atoms with Crippen molar-refractivity contribution < 1.29 is 4.39 Å². The molecule has 2 N–H and O–H groups in total. The minimum atomic E-state index is -0.288. The number of nitrogens with two attached hydrogens (primary N) is 1. The van der Waals surface area contributed by atoms with Crippen molar-refractivity contribution in [2.75, 3.05) is 44.2 Å². The molecule has 0 aromatic carbocycles. The highest BCUT2D eigenvalue weighted by Gasteiger charge is 2.21. The predicted octanol–water partition coefficient (Wildman–Crippen LogP) is 1.18. The number of unbranched alkanes of at least 4 members (excludes halogenated alkanes) is 2. The number of aromatic nitrogens is 2. The molecule has 20 heavy (non-hydrogen) atoms. The molecule has 1 aromatic rings. The number of nitrogens with zero attached hydrogens (tertiary/aromatic N) is 4. The maximum absolute atomic E-state index is 14.0. The first-order chi connectivity index (χ1) is 9.72. The Labute approximate surface area is 120 Å². The molecular weight excluding hydrogens is 257 g/mol. The van der Waals surface area contributed by atoms with Gasteiger partial charge in [0, 0.05) is 26.2 Å². The van der Waals surface area contributed by atoms with E-state index in [1.165, 1.54) is 19.2 Å². The molecule has 1 aliphatic rings. The van der Waals surface area contributed by atoms with Gasteiger partial charge in [0.15, 0.2) is 11.6 Å². The van der Waals surface area contributed by atoms with Crippen molar-refractivity contribution in [1.29, 1.82) is 0 Å². The van der Waals surface area contributed by atoms with Gasteiger partial charge in [0.05, 0.1) is 5.69 Å². The molecule has 0 spiro atoms. The number of hydrogen-bond donors (Lipinski definition) is 1. The first kappa shape index (κ1) is 15.1. The third-order valence-electron chi connectivity index (χ3n) is 3.80. The van der Waals surface area contributed by atoms with Gasteiger partial charge in [-0.1, -0.05) is 6.42 Å². The van der Waals surface area contributed by atoms with Gasteiger partial charge in [0.2, 0.25) is 0 Å². The van der Waals surface area contributed by atoms with Gasteiger partial charge in [-0.2, -0.15) is 0 Å². The minimum Gasteiger partial charge on any atom is -0.352 e. The molecule has 0 radical (unpaired) electrons. The number of anilines is 1. The fourth-order valence-corrected chi connectivity index (χ4v) is 2.51. The van der Waals surface area contributed by atoms with Crippen molar-refractivity contribution in [3.05, 3.63) is 17.8 Å². The van der Waals surface area contributed by atoms with E-state index in [4.69, 9.17) is 5.73 Å². The molecule has 1 fully saturated rings. The molecule has 0 amide bonds. The molecule has 1 saturated heterocycles. The summed E-state index contributed by atoms with van der Waals surface area (Å²) in [7, 11) is 0. The number of aryl methyl sites for hydroxylation is 1. The molecule has 6 heteroatoms. The summed E-state index contributed by atoms with van der Waals surface area (Å²) in [4.78, 5) is 12.4. The SMILES string of the molecule is Cc1ncnc(N2CCN(CCCCCN)CC2)c1F. The summed E-state index contributed by atoms with van der Waals surface area (Å²) in [5, 5.41) is 0. The lowest BCUT2D eigenvalue weighted by Crippen LogP contribution is -2.47. The topological polar surface area (TPSA) is 58.3 Å². The van der Waals surface area contributed by atoms with Gasteiger partial charge in [-0.15, -0.1) is 0 Å². The van der Waals surface area contributed by atoms with Crippen molar-refractivity contribution in [3.63, 3.8) is 0 Å². The second-order valence-corrected chi connectivity index (χ2v) is 5.27. The van der Waals surface area contributed by atoms with Crippen molar-refractivity contribution in [2.24, 2.45) is 5.73 Å². The number of rotatable bonds is 6. The molecule has 0 aliphatic carbocycles. The predicted molar refractivity (Wildman–Crippen MR) is 78.3 cm³/mol. The number of halogens is 1.